The number of carbonyl (C=O) groups is 3. The van der Waals surface area contributed by atoms with Crippen LogP contribution in [-0.4, -0.2) is 85.3 Å². The lowest BCUT2D eigenvalue weighted by atomic mass is 10.1. The molecule has 0 aromatic rings. The van der Waals surface area contributed by atoms with Crippen LogP contribution in [0.4, 0.5) is 0 Å². The highest BCUT2D eigenvalue weighted by Crippen LogP contribution is 2.13. The van der Waals surface area contributed by atoms with E-state index < -0.39 is 0 Å². The van der Waals surface area contributed by atoms with Gasteiger partial charge in [0.15, 0.2) is 0 Å². The molecule has 2 heterocycles. The topological polar surface area (TPSA) is 73.0 Å². The van der Waals surface area contributed by atoms with Gasteiger partial charge in [0.2, 0.25) is 17.7 Å². The van der Waals surface area contributed by atoms with Gasteiger partial charge in [-0.15, -0.1) is 0 Å². The van der Waals surface area contributed by atoms with Crippen LogP contribution >= 0.6 is 0 Å². The molecule has 0 aliphatic carbocycles. The minimum absolute atomic E-state index is 0.0489. The third kappa shape index (κ3) is 5.19. The Balaban J connectivity index is 1.88. The molecule has 0 radical (unpaired) electrons. The van der Waals surface area contributed by atoms with Gasteiger partial charge in [-0.25, -0.2) is 0 Å². The Morgan fingerprint density at radius 2 is 1.62 bits per heavy atom. The molecule has 2 aliphatic rings. The van der Waals surface area contributed by atoms with E-state index in [9.17, 15) is 14.4 Å². The fourth-order valence-electron chi connectivity index (χ4n) is 3.51. The summed E-state index contributed by atoms with van der Waals surface area (Å²) >= 11 is 0. The quantitative estimate of drug-likeness (QED) is 0.761. The summed E-state index contributed by atoms with van der Waals surface area (Å²) < 4.78 is 0. The second-order valence-corrected chi connectivity index (χ2v) is 6.77. The maximum absolute atomic E-state index is 12.5. The second-order valence-electron chi connectivity index (χ2n) is 6.77. The van der Waals surface area contributed by atoms with Crippen LogP contribution in [0.2, 0.25) is 0 Å². The van der Waals surface area contributed by atoms with Gasteiger partial charge in [0.1, 0.15) is 0 Å². The van der Waals surface area contributed by atoms with E-state index in [-0.39, 0.29) is 23.6 Å². The molecular weight excluding hydrogens is 308 g/mol. The second kappa shape index (κ2) is 9.01. The van der Waals surface area contributed by atoms with Crippen molar-refractivity contribution in [3.8, 4) is 0 Å². The molecule has 0 bridgehead atoms. The van der Waals surface area contributed by atoms with Crippen molar-refractivity contribution in [3.63, 3.8) is 0 Å². The van der Waals surface area contributed by atoms with Crippen LogP contribution in [0.3, 0.4) is 0 Å². The number of carbonyl (C=O) groups excluding carboxylic acids is 3. The first-order valence-corrected chi connectivity index (χ1v) is 8.98. The van der Waals surface area contributed by atoms with Crippen molar-refractivity contribution in [1.82, 2.24) is 20.0 Å². The van der Waals surface area contributed by atoms with Crippen LogP contribution < -0.4 is 5.32 Å². The van der Waals surface area contributed by atoms with Crippen LogP contribution in [0, 0.1) is 5.92 Å². The summed E-state index contributed by atoms with van der Waals surface area (Å²) in [7, 11) is 1.59. The molecule has 7 nitrogen and oxygen atoms in total. The van der Waals surface area contributed by atoms with Crippen molar-refractivity contribution < 1.29 is 14.4 Å². The SMILES string of the molecule is CNC(=O)[C@H]1CN(C(C)=O)CCN(C(=O)CCCN2CCCC2)C1. The standard InChI is InChI=1S/C17H30N4O3/c1-14(22)20-10-11-21(13-15(12-20)17(24)18-2)16(23)6-5-9-19-7-3-4-8-19/h15H,3-13H2,1-2H3,(H,18,24)/t15-/m0/s1. The summed E-state index contributed by atoms with van der Waals surface area (Å²) in [6.45, 7) is 6.55. The zero-order chi connectivity index (χ0) is 17.5. The predicted molar refractivity (Wildman–Crippen MR) is 91.3 cm³/mol. The third-order valence-corrected chi connectivity index (χ3v) is 5.00. The predicted octanol–water partition coefficient (Wildman–Crippen LogP) is -0.0847. The van der Waals surface area contributed by atoms with Crippen LogP contribution in [0.1, 0.15) is 32.6 Å². The van der Waals surface area contributed by atoms with Gasteiger partial charge in [-0.1, -0.05) is 0 Å². The first-order chi connectivity index (χ1) is 11.5. The minimum atomic E-state index is -0.357. The molecule has 1 atom stereocenters. The van der Waals surface area contributed by atoms with Crippen molar-refractivity contribution >= 4 is 17.7 Å². The Labute approximate surface area is 144 Å². The average Bonchev–Trinajstić information content (AvgIpc) is 2.97. The summed E-state index contributed by atoms with van der Waals surface area (Å²) in [5, 5.41) is 2.64. The van der Waals surface area contributed by atoms with Crippen molar-refractivity contribution in [1.29, 1.82) is 0 Å². The zero-order valence-corrected chi connectivity index (χ0v) is 14.9. The molecule has 1 N–H and O–H groups in total. The number of nitrogens with one attached hydrogen (secondary N) is 1. The average molecular weight is 338 g/mol. The summed E-state index contributed by atoms with van der Waals surface area (Å²) in [6.07, 6.45) is 3.89. The smallest absolute Gasteiger partial charge is 0.226 e. The summed E-state index contributed by atoms with van der Waals surface area (Å²) in [6, 6.07) is 0. The van der Waals surface area contributed by atoms with Crippen LogP contribution in [0.5, 0.6) is 0 Å². The molecular formula is C17H30N4O3. The molecule has 0 saturated carbocycles. The van der Waals surface area contributed by atoms with Gasteiger partial charge >= 0.3 is 0 Å². The van der Waals surface area contributed by atoms with Gasteiger partial charge in [-0.05, 0) is 38.9 Å². The molecule has 0 aromatic heterocycles. The lowest BCUT2D eigenvalue weighted by Gasteiger charge is -2.23. The number of amides is 3. The number of nitrogens with zero attached hydrogens (tertiary/aromatic N) is 3. The Hall–Kier alpha value is -1.63. The van der Waals surface area contributed by atoms with Crippen LogP contribution in [-0.2, 0) is 14.4 Å². The van der Waals surface area contributed by atoms with E-state index in [1.807, 2.05) is 0 Å². The summed E-state index contributed by atoms with van der Waals surface area (Å²) in [5.41, 5.74) is 0. The molecule has 2 rings (SSSR count). The lowest BCUT2D eigenvalue weighted by Crippen LogP contribution is -2.42. The van der Waals surface area contributed by atoms with E-state index in [0.29, 0.717) is 32.6 Å². The van der Waals surface area contributed by atoms with E-state index in [1.165, 1.54) is 19.8 Å². The minimum Gasteiger partial charge on any atom is -0.359 e. The highest BCUT2D eigenvalue weighted by Gasteiger charge is 2.30. The van der Waals surface area contributed by atoms with Gasteiger partial charge in [0.25, 0.3) is 0 Å². The molecule has 3 amide bonds. The molecule has 0 unspecified atom stereocenters. The van der Waals surface area contributed by atoms with Gasteiger partial charge in [0.05, 0.1) is 5.92 Å². The van der Waals surface area contributed by atoms with Gasteiger partial charge in [-0.2, -0.15) is 0 Å². The fourth-order valence-corrected chi connectivity index (χ4v) is 3.51. The Bertz CT molecular complexity index is 463. The van der Waals surface area contributed by atoms with E-state index in [0.717, 1.165) is 26.1 Å². The monoisotopic (exact) mass is 338 g/mol. The van der Waals surface area contributed by atoms with Crippen LogP contribution in [0.15, 0.2) is 0 Å². The molecule has 2 fully saturated rings. The van der Waals surface area contributed by atoms with Crippen LogP contribution in [0.25, 0.3) is 0 Å². The highest BCUT2D eigenvalue weighted by atomic mass is 16.2. The van der Waals surface area contributed by atoms with Crippen molar-refractivity contribution in [2.45, 2.75) is 32.6 Å². The number of rotatable bonds is 5. The molecule has 24 heavy (non-hydrogen) atoms. The number of hydrogen-bond donors (Lipinski definition) is 1. The largest absolute Gasteiger partial charge is 0.359 e. The lowest BCUT2D eigenvalue weighted by molar-refractivity contribution is -0.133. The van der Waals surface area contributed by atoms with Crippen molar-refractivity contribution in [3.05, 3.63) is 0 Å². The van der Waals surface area contributed by atoms with E-state index in [4.69, 9.17) is 0 Å². The normalized spacial score (nSPS) is 22.3. The summed E-state index contributed by atoms with van der Waals surface area (Å²) in [5.74, 6) is -0.428. The molecule has 0 spiro atoms. The Kier molecular flexibility index (Phi) is 7.02. The van der Waals surface area contributed by atoms with Gasteiger partial charge in [0, 0.05) is 46.6 Å². The fraction of sp³-hybridized carbons (Fsp3) is 0.824. The van der Waals surface area contributed by atoms with E-state index in [2.05, 4.69) is 10.2 Å². The zero-order valence-electron chi connectivity index (χ0n) is 14.9. The molecule has 7 heteroatoms. The highest BCUT2D eigenvalue weighted by molar-refractivity contribution is 5.82. The maximum Gasteiger partial charge on any atom is 0.226 e. The molecule has 136 valence electrons. The molecule has 2 aliphatic heterocycles. The number of hydrogen-bond acceptors (Lipinski definition) is 4. The van der Waals surface area contributed by atoms with E-state index in [1.54, 1.807) is 16.8 Å². The maximum atomic E-state index is 12.5. The Morgan fingerprint density at radius 3 is 2.25 bits per heavy atom. The summed E-state index contributed by atoms with van der Waals surface area (Å²) in [4.78, 5) is 42.1. The molecule has 0 aromatic carbocycles. The van der Waals surface area contributed by atoms with Gasteiger partial charge in [-0.3, -0.25) is 14.4 Å². The first kappa shape index (κ1) is 18.7. The van der Waals surface area contributed by atoms with Crippen molar-refractivity contribution in [2.24, 2.45) is 5.92 Å². The van der Waals surface area contributed by atoms with E-state index >= 15 is 0 Å². The van der Waals surface area contributed by atoms with Gasteiger partial charge < -0.3 is 20.0 Å². The van der Waals surface area contributed by atoms with Crippen molar-refractivity contribution in [2.75, 3.05) is 52.9 Å². The molecule has 2 saturated heterocycles. The first-order valence-electron chi connectivity index (χ1n) is 8.98. The third-order valence-electron chi connectivity index (χ3n) is 5.00. The number of likely N-dealkylation sites (tertiary alicyclic amines) is 1. The Morgan fingerprint density at radius 1 is 1.00 bits per heavy atom.